The van der Waals surface area contributed by atoms with Gasteiger partial charge in [-0.25, -0.2) is 9.18 Å². The van der Waals surface area contributed by atoms with Crippen molar-refractivity contribution in [2.45, 2.75) is 52.1 Å². The van der Waals surface area contributed by atoms with Crippen LogP contribution in [0.1, 0.15) is 56.1 Å². The predicted octanol–water partition coefficient (Wildman–Crippen LogP) is 6.14. The lowest BCUT2D eigenvalue weighted by atomic mass is 9.66. The van der Waals surface area contributed by atoms with Gasteiger partial charge in [0.05, 0.1) is 42.5 Å². The number of rotatable bonds is 8. The summed E-state index contributed by atoms with van der Waals surface area (Å²) < 4.78 is 36.8. The number of nitrogens with one attached hydrogen (secondary N) is 2. The number of amides is 1. The van der Waals surface area contributed by atoms with Crippen molar-refractivity contribution in [1.82, 2.24) is 14.9 Å². The molecule has 0 unspecified atom stereocenters. The minimum absolute atomic E-state index is 0.00568. The number of likely N-dealkylation sites (tertiary alicyclic amines) is 1. The summed E-state index contributed by atoms with van der Waals surface area (Å²) in [6.45, 7) is 7.07. The minimum atomic E-state index is -0.635. The molecule has 1 fully saturated rings. The number of ketones is 1. The molecule has 3 heterocycles. The quantitative estimate of drug-likeness (QED) is 0.299. The van der Waals surface area contributed by atoms with Gasteiger partial charge in [0.25, 0.3) is 0 Å². The van der Waals surface area contributed by atoms with E-state index in [4.69, 9.17) is 18.9 Å². The standard InChI is InChI=1S/C32H39FN4O6/c1-31(2,3)43-30(39)37-15-12-32(13-16-37)11-9-22-25(29(32)38)27(36-23-8-6-7-21(33)28(23)41-5)26(35-22)20-10-14-34-19-24(20)42-18-17-40-4/h6-8,10,14,19,35-36H,9,11-13,15-18H2,1-5H3. The number of hydrogen-bond donors (Lipinski definition) is 2. The van der Waals surface area contributed by atoms with E-state index in [0.717, 1.165) is 5.69 Å². The smallest absolute Gasteiger partial charge is 0.410 e. The van der Waals surface area contributed by atoms with Crippen LogP contribution in [0.2, 0.25) is 0 Å². The van der Waals surface area contributed by atoms with Gasteiger partial charge in [0.15, 0.2) is 17.3 Å². The lowest BCUT2D eigenvalue weighted by molar-refractivity contribution is 0.00895. The maximum atomic E-state index is 14.7. The number of carbonyl (C=O) groups excluding carboxylic acids is 2. The SMILES string of the molecule is COCCOc1cnccc1-c1[nH]c2c(c1Nc1cccc(F)c1OC)C(=O)C1(CC2)CCN(C(=O)OC(C)(C)C)CC1. The van der Waals surface area contributed by atoms with E-state index >= 15 is 0 Å². The number of ether oxygens (including phenoxy) is 4. The Kier molecular flexibility index (Phi) is 8.64. The number of piperidine rings is 1. The number of para-hydroxylation sites is 1. The van der Waals surface area contributed by atoms with Gasteiger partial charge in [-0.1, -0.05) is 6.07 Å². The summed E-state index contributed by atoms with van der Waals surface area (Å²) in [4.78, 5) is 36.6. The van der Waals surface area contributed by atoms with E-state index in [1.54, 1.807) is 36.5 Å². The molecule has 5 rings (SSSR count). The highest BCUT2D eigenvalue weighted by atomic mass is 19.1. The molecule has 10 nitrogen and oxygen atoms in total. The summed E-state index contributed by atoms with van der Waals surface area (Å²) in [5.41, 5.74) is 2.30. The van der Waals surface area contributed by atoms with Crippen LogP contribution >= 0.6 is 0 Å². The number of fused-ring (bicyclic) bond motifs is 1. The van der Waals surface area contributed by atoms with Crippen LogP contribution in [0.5, 0.6) is 11.5 Å². The number of benzene rings is 1. The number of Topliss-reactive ketones (excluding diaryl/α,β-unsaturated/α-hetero) is 1. The molecule has 2 N–H and O–H groups in total. The van der Waals surface area contributed by atoms with Gasteiger partial charge in [-0.05, 0) is 64.7 Å². The van der Waals surface area contributed by atoms with E-state index in [1.807, 2.05) is 26.8 Å². The summed E-state index contributed by atoms with van der Waals surface area (Å²) in [5, 5.41) is 3.34. The van der Waals surface area contributed by atoms with Crippen LogP contribution in [-0.2, 0) is 15.9 Å². The highest BCUT2D eigenvalue weighted by Gasteiger charge is 2.48. The van der Waals surface area contributed by atoms with Crippen molar-refractivity contribution in [3.8, 4) is 22.8 Å². The van der Waals surface area contributed by atoms with Crippen molar-refractivity contribution < 1.29 is 32.9 Å². The molecular weight excluding hydrogens is 555 g/mol. The number of aryl methyl sites for hydroxylation is 1. The topological polar surface area (TPSA) is 115 Å². The molecular formula is C32H39FN4O6. The van der Waals surface area contributed by atoms with Crippen molar-refractivity contribution in [3.63, 3.8) is 0 Å². The Balaban J connectivity index is 1.54. The van der Waals surface area contributed by atoms with Crippen LogP contribution in [-0.4, -0.2) is 72.9 Å². The maximum absolute atomic E-state index is 14.7. The van der Waals surface area contributed by atoms with Gasteiger partial charge in [-0.2, -0.15) is 0 Å². The van der Waals surface area contributed by atoms with Crippen molar-refractivity contribution in [1.29, 1.82) is 0 Å². The summed E-state index contributed by atoms with van der Waals surface area (Å²) >= 11 is 0. The first-order chi connectivity index (χ1) is 20.6. The Labute approximate surface area is 250 Å². The Morgan fingerprint density at radius 1 is 1.14 bits per heavy atom. The molecule has 1 amide bonds. The van der Waals surface area contributed by atoms with Gasteiger partial charge in [0.2, 0.25) is 0 Å². The third-order valence-electron chi connectivity index (χ3n) is 8.04. The highest BCUT2D eigenvalue weighted by Crippen LogP contribution is 2.49. The predicted molar refractivity (Wildman–Crippen MR) is 160 cm³/mol. The van der Waals surface area contributed by atoms with Crippen molar-refractivity contribution >= 4 is 23.3 Å². The highest BCUT2D eigenvalue weighted by molar-refractivity contribution is 6.10. The zero-order chi connectivity index (χ0) is 30.8. The van der Waals surface area contributed by atoms with Gasteiger partial charge in [0, 0.05) is 43.1 Å². The van der Waals surface area contributed by atoms with Gasteiger partial charge in [0.1, 0.15) is 18.0 Å². The molecule has 0 atom stereocenters. The molecule has 2 aliphatic rings. The molecule has 2 aromatic heterocycles. The van der Waals surface area contributed by atoms with E-state index in [-0.39, 0.29) is 17.6 Å². The first-order valence-electron chi connectivity index (χ1n) is 14.5. The normalized spacial score (nSPS) is 16.1. The van der Waals surface area contributed by atoms with Crippen molar-refractivity contribution in [2.24, 2.45) is 5.41 Å². The van der Waals surface area contributed by atoms with E-state index in [1.165, 1.54) is 13.2 Å². The molecule has 1 saturated heterocycles. The monoisotopic (exact) mass is 594 g/mol. The van der Waals surface area contributed by atoms with E-state index in [9.17, 15) is 14.0 Å². The second-order valence-corrected chi connectivity index (χ2v) is 12.0. The van der Waals surface area contributed by atoms with Crippen LogP contribution in [0.25, 0.3) is 11.3 Å². The zero-order valence-electron chi connectivity index (χ0n) is 25.3. The summed E-state index contributed by atoms with van der Waals surface area (Å²) in [5.74, 6) is 0.0238. The number of nitrogens with zero attached hydrogens (tertiary/aromatic N) is 2. The van der Waals surface area contributed by atoms with Crippen LogP contribution < -0.4 is 14.8 Å². The molecule has 1 aromatic carbocycles. The second-order valence-electron chi connectivity index (χ2n) is 12.0. The van der Waals surface area contributed by atoms with E-state index < -0.39 is 16.8 Å². The average molecular weight is 595 g/mol. The average Bonchev–Trinajstić information content (AvgIpc) is 3.33. The van der Waals surface area contributed by atoms with E-state index in [2.05, 4.69) is 15.3 Å². The zero-order valence-corrected chi connectivity index (χ0v) is 25.3. The lowest BCUT2D eigenvalue weighted by Crippen LogP contribution is -2.49. The second kappa shape index (κ2) is 12.2. The number of H-pyrrole nitrogens is 1. The first-order valence-corrected chi connectivity index (χ1v) is 14.5. The Morgan fingerprint density at radius 3 is 2.60 bits per heavy atom. The minimum Gasteiger partial charge on any atom is -0.492 e. The molecule has 1 aliphatic heterocycles. The maximum Gasteiger partial charge on any atom is 0.410 e. The fourth-order valence-corrected chi connectivity index (χ4v) is 5.87. The molecule has 0 saturated carbocycles. The fourth-order valence-electron chi connectivity index (χ4n) is 5.87. The third kappa shape index (κ3) is 6.17. The van der Waals surface area contributed by atoms with Gasteiger partial charge < -0.3 is 34.1 Å². The molecule has 1 spiro atoms. The molecule has 0 radical (unpaired) electrons. The number of anilines is 2. The third-order valence-corrected chi connectivity index (χ3v) is 8.04. The van der Waals surface area contributed by atoms with Gasteiger partial charge in [-0.3, -0.25) is 9.78 Å². The molecule has 0 bridgehead atoms. The Hall–Kier alpha value is -4.12. The van der Waals surface area contributed by atoms with E-state index in [0.29, 0.717) is 85.9 Å². The fraction of sp³-hybridized carbons (Fsp3) is 0.469. The van der Waals surface area contributed by atoms with Crippen LogP contribution in [0.4, 0.5) is 20.6 Å². The number of carbonyl (C=O) groups is 2. The summed E-state index contributed by atoms with van der Waals surface area (Å²) in [6, 6.07) is 6.42. The van der Waals surface area contributed by atoms with Gasteiger partial charge in [-0.15, -0.1) is 0 Å². The number of aromatic amines is 1. The van der Waals surface area contributed by atoms with Crippen molar-refractivity contribution in [3.05, 3.63) is 53.7 Å². The number of aromatic nitrogens is 2. The van der Waals surface area contributed by atoms with Crippen LogP contribution in [0.3, 0.4) is 0 Å². The number of pyridine rings is 1. The summed E-state index contributed by atoms with van der Waals surface area (Å²) in [7, 11) is 3.00. The van der Waals surface area contributed by atoms with Crippen LogP contribution in [0, 0.1) is 11.2 Å². The van der Waals surface area contributed by atoms with Crippen LogP contribution in [0.15, 0.2) is 36.7 Å². The number of hydrogen-bond acceptors (Lipinski definition) is 8. The molecule has 1 aliphatic carbocycles. The Morgan fingerprint density at radius 2 is 1.91 bits per heavy atom. The number of halogens is 1. The van der Waals surface area contributed by atoms with Crippen molar-refractivity contribution in [2.75, 3.05) is 45.8 Å². The molecule has 230 valence electrons. The number of methoxy groups -OCH3 is 2. The molecule has 11 heteroatoms. The molecule has 3 aromatic rings. The lowest BCUT2D eigenvalue weighted by Gasteiger charge is -2.43. The first kappa shape index (κ1) is 30.3. The van der Waals surface area contributed by atoms with Gasteiger partial charge >= 0.3 is 6.09 Å². The summed E-state index contributed by atoms with van der Waals surface area (Å²) in [6.07, 6.45) is 5.23. The Bertz CT molecular complexity index is 1490. The molecule has 43 heavy (non-hydrogen) atoms. The largest absolute Gasteiger partial charge is 0.492 e.